The fraction of sp³-hybridized carbons (Fsp3) is 0.364. The number of pyridine rings is 1. The number of aromatic amines is 1. The highest BCUT2D eigenvalue weighted by molar-refractivity contribution is 6.00. The zero-order valence-electron chi connectivity index (χ0n) is 8.95. The van der Waals surface area contributed by atoms with E-state index in [4.69, 9.17) is 0 Å². The van der Waals surface area contributed by atoms with Crippen LogP contribution in [0.2, 0.25) is 0 Å². The molecule has 82 valence electrons. The number of H-pyrrole nitrogens is 1. The Hall–Kier alpha value is -1.91. The SMILES string of the molecule is Cc1ccc2c(NC(=O)C3CC3)n[nH]c2n1. The Bertz CT molecular complexity index is 556. The van der Waals surface area contributed by atoms with Gasteiger partial charge in [0.1, 0.15) is 0 Å². The number of aromatic nitrogens is 3. The highest BCUT2D eigenvalue weighted by Crippen LogP contribution is 2.30. The summed E-state index contributed by atoms with van der Waals surface area (Å²) in [7, 11) is 0. The molecule has 2 aromatic rings. The molecule has 1 saturated carbocycles. The number of fused-ring (bicyclic) bond motifs is 1. The molecule has 1 aliphatic rings. The second-order valence-corrected chi connectivity index (χ2v) is 4.18. The van der Waals surface area contributed by atoms with Crippen molar-refractivity contribution in [3.8, 4) is 0 Å². The third kappa shape index (κ3) is 1.54. The highest BCUT2D eigenvalue weighted by Gasteiger charge is 2.30. The number of amides is 1. The first-order valence-corrected chi connectivity index (χ1v) is 5.36. The molecule has 2 aromatic heterocycles. The van der Waals surface area contributed by atoms with Gasteiger partial charge in [-0.3, -0.25) is 9.89 Å². The van der Waals surface area contributed by atoms with Crippen molar-refractivity contribution in [3.05, 3.63) is 17.8 Å². The smallest absolute Gasteiger partial charge is 0.228 e. The van der Waals surface area contributed by atoms with Gasteiger partial charge in [0.25, 0.3) is 0 Å². The molecule has 2 N–H and O–H groups in total. The first-order valence-electron chi connectivity index (χ1n) is 5.36. The maximum Gasteiger partial charge on any atom is 0.228 e. The van der Waals surface area contributed by atoms with Crippen molar-refractivity contribution in [2.24, 2.45) is 5.92 Å². The van der Waals surface area contributed by atoms with E-state index in [1.807, 2.05) is 19.1 Å². The first-order chi connectivity index (χ1) is 7.74. The van der Waals surface area contributed by atoms with Crippen LogP contribution in [0.25, 0.3) is 11.0 Å². The van der Waals surface area contributed by atoms with Gasteiger partial charge in [0.05, 0.1) is 5.39 Å². The van der Waals surface area contributed by atoms with Gasteiger partial charge in [-0.05, 0) is 31.9 Å². The molecule has 1 amide bonds. The molecule has 16 heavy (non-hydrogen) atoms. The zero-order chi connectivity index (χ0) is 11.1. The van der Waals surface area contributed by atoms with Crippen LogP contribution in [0.1, 0.15) is 18.5 Å². The molecule has 0 spiro atoms. The maximum absolute atomic E-state index is 11.6. The molecule has 0 aromatic carbocycles. The van der Waals surface area contributed by atoms with E-state index >= 15 is 0 Å². The van der Waals surface area contributed by atoms with Crippen molar-refractivity contribution in [2.75, 3.05) is 5.32 Å². The number of hydrogen-bond acceptors (Lipinski definition) is 3. The summed E-state index contributed by atoms with van der Waals surface area (Å²) >= 11 is 0. The topological polar surface area (TPSA) is 70.7 Å². The van der Waals surface area contributed by atoms with Gasteiger partial charge < -0.3 is 5.32 Å². The van der Waals surface area contributed by atoms with Crippen LogP contribution in [0.15, 0.2) is 12.1 Å². The highest BCUT2D eigenvalue weighted by atomic mass is 16.2. The number of carbonyl (C=O) groups excluding carboxylic acids is 1. The Morgan fingerprint density at radius 2 is 2.31 bits per heavy atom. The minimum atomic E-state index is 0.0639. The Morgan fingerprint density at radius 1 is 1.50 bits per heavy atom. The summed E-state index contributed by atoms with van der Waals surface area (Å²) in [5.74, 6) is 0.832. The molecule has 1 fully saturated rings. The van der Waals surface area contributed by atoms with Crippen LogP contribution in [-0.2, 0) is 4.79 Å². The van der Waals surface area contributed by atoms with E-state index < -0.39 is 0 Å². The third-order valence-corrected chi connectivity index (χ3v) is 2.75. The summed E-state index contributed by atoms with van der Waals surface area (Å²) in [5, 5.41) is 10.6. The normalized spacial score (nSPS) is 15.3. The van der Waals surface area contributed by atoms with Crippen LogP contribution >= 0.6 is 0 Å². The van der Waals surface area contributed by atoms with E-state index in [0.717, 1.165) is 23.9 Å². The van der Waals surface area contributed by atoms with Gasteiger partial charge in [-0.2, -0.15) is 5.10 Å². The average molecular weight is 216 g/mol. The second kappa shape index (κ2) is 3.30. The van der Waals surface area contributed by atoms with Gasteiger partial charge in [0.15, 0.2) is 11.5 Å². The summed E-state index contributed by atoms with van der Waals surface area (Å²) in [6, 6.07) is 3.83. The monoisotopic (exact) mass is 216 g/mol. The van der Waals surface area contributed by atoms with Gasteiger partial charge in [0.2, 0.25) is 5.91 Å². The molecule has 0 atom stereocenters. The first kappa shape index (κ1) is 9.33. The fourth-order valence-corrected chi connectivity index (χ4v) is 1.66. The van der Waals surface area contributed by atoms with Crippen LogP contribution in [0.5, 0.6) is 0 Å². The van der Waals surface area contributed by atoms with Crippen molar-refractivity contribution in [1.29, 1.82) is 0 Å². The summed E-state index contributed by atoms with van der Waals surface area (Å²) in [6.07, 6.45) is 1.98. The zero-order valence-corrected chi connectivity index (χ0v) is 8.95. The number of nitrogens with zero attached hydrogens (tertiary/aromatic N) is 2. The number of anilines is 1. The molecule has 5 heteroatoms. The Kier molecular flexibility index (Phi) is 1.92. The lowest BCUT2D eigenvalue weighted by atomic mass is 10.3. The molecule has 0 aliphatic heterocycles. The van der Waals surface area contributed by atoms with E-state index in [9.17, 15) is 4.79 Å². The molecule has 0 unspecified atom stereocenters. The molecule has 0 bridgehead atoms. The summed E-state index contributed by atoms with van der Waals surface area (Å²) in [4.78, 5) is 15.9. The van der Waals surface area contributed by atoms with Crippen molar-refractivity contribution >= 4 is 22.8 Å². The van der Waals surface area contributed by atoms with Crippen molar-refractivity contribution < 1.29 is 4.79 Å². The molecule has 5 nitrogen and oxygen atoms in total. The van der Waals surface area contributed by atoms with Gasteiger partial charge in [0, 0.05) is 11.6 Å². The minimum absolute atomic E-state index is 0.0639. The number of rotatable bonds is 2. The van der Waals surface area contributed by atoms with Gasteiger partial charge in [-0.15, -0.1) is 0 Å². The number of nitrogens with one attached hydrogen (secondary N) is 2. The molecule has 0 saturated heterocycles. The van der Waals surface area contributed by atoms with Crippen LogP contribution in [0.4, 0.5) is 5.82 Å². The molecule has 3 rings (SSSR count). The molecule has 1 aliphatic carbocycles. The van der Waals surface area contributed by atoms with Crippen molar-refractivity contribution in [2.45, 2.75) is 19.8 Å². The number of carbonyl (C=O) groups is 1. The minimum Gasteiger partial charge on any atom is -0.308 e. The number of hydrogen-bond donors (Lipinski definition) is 2. The van der Waals surface area contributed by atoms with Gasteiger partial charge >= 0.3 is 0 Å². The van der Waals surface area contributed by atoms with Crippen LogP contribution < -0.4 is 5.32 Å². The predicted molar refractivity (Wildman–Crippen MR) is 60.0 cm³/mol. The second-order valence-electron chi connectivity index (χ2n) is 4.18. The lowest BCUT2D eigenvalue weighted by Crippen LogP contribution is -2.13. The largest absolute Gasteiger partial charge is 0.308 e. The Labute approximate surface area is 92.3 Å². The van der Waals surface area contributed by atoms with Crippen LogP contribution in [0, 0.1) is 12.8 Å². The van der Waals surface area contributed by atoms with Crippen molar-refractivity contribution in [3.63, 3.8) is 0 Å². The molecule has 2 heterocycles. The maximum atomic E-state index is 11.6. The van der Waals surface area contributed by atoms with Gasteiger partial charge in [-0.25, -0.2) is 4.98 Å². The summed E-state index contributed by atoms with van der Waals surface area (Å²) < 4.78 is 0. The Morgan fingerprint density at radius 3 is 3.06 bits per heavy atom. The van der Waals surface area contributed by atoms with Crippen LogP contribution in [-0.4, -0.2) is 21.1 Å². The fourth-order valence-electron chi connectivity index (χ4n) is 1.66. The third-order valence-electron chi connectivity index (χ3n) is 2.75. The molecular formula is C11H12N4O. The number of aryl methyl sites for hydroxylation is 1. The quantitative estimate of drug-likeness (QED) is 0.801. The van der Waals surface area contributed by atoms with E-state index in [2.05, 4.69) is 20.5 Å². The lowest BCUT2D eigenvalue weighted by Gasteiger charge is -1.99. The van der Waals surface area contributed by atoms with Gasteiger partial charge in [-0.1, -0.05) is 0 Å². The van der Waals surface area contributed by atoms with E-state index in [0.29, 0.717) is 11.5 Å². The van der Waals surface area contributed by atoms with E-state index in [1.165, 1.54) is 0 Å². The lowest BCUT2D eigenvalue weighted by molar-refractivity contribution is -0.117. The Balaban J connectivity index is 1.94. The van der Waals surface area contributed by atoms with Crippen LogP contribution in [0.3, 0.4) is 0 Å². The summed E-state index contributed by atoms with van der Waals surface area (Å²) in [6.45, 7) is 1.92. The predicted octanol–water partition coefficient (Wildman–Crippen LogP) is 1.61. The van der Waals surface area contributed by atoms with E-state index in [-0.39, 0.29) is 11.8 Å². The molecule has 0 radical (unpaired) electrons. The van der Waals surface area contributed by atoms with Crippen molar-refractivity contribution in [1.82, 2.24) is 15.2 Å². The van der Waals surface area contributed by atoms with E-state index in [1.54, 1.807) is 0 Å². The average Bonchev–Trinajstić information content (AvgIpc) is 3.03. The summed E-state index contributed by atoms with van der Waals surface area (Å²) in [5.41, 5.74) is 1.64. The standard InChI is InChI=1S/C11H12N4O/c1-6-2-5-8-9(12-6)14-15-10(8)13-11(16)7-3-4-7/h2,5,7H,3-4H2,1H3,(H2,12,13,14,15,16). The molecular weight excluding hydrogens is 204 g/mol.